The molecule has 21 heavy (non-hydrogen) atoms. The summed E-state index contributed by atoms with van der Waals surface area (Å²) in [5, 5.41) is 11.5. The van der Waals surface area contributed by atoms with Crippen molar-refractivity contribution in [1.29, 1.82) is 5.26 Å². The number of thiophene rings is 1. The van der Waals surface area contributed by atoms with E-state index in [1.165, 1.54) is 5.57 Å². The predicted octanol–water partition coefficient (Wildman–Crippen LogP) is 5.47. The normalized spacial score (nSPS) is 14.3. The van der Waals surface area contributed by atoms with Crippen LogP contribution in [0, 0.1) is 16.0 Å². The molecule has 0 spiro atoms. The number of aromatic amines is 1. The van der Waals surface area contributed by atoms with Crippen molar-refractivity contribution in [1.82, 2.24) is 4.98 Å². The van der Waals surface area contributed by atoms with E-state index in [1.807, 2.05) is 11.4 Å². The van der Waals surface area contributed by atoms with Gasteiger partial charge in [-0.3, -0.25) is 0 Å². The fourth-order valence-electron chi connectivity index (χ4n) is 2.49. The lowest BCUT2D eigenvalue weighted by Crippen LogP contribution is -1.95. The van der Waals surface area contributed by atoms with Crippen LogP contribution >= 0.6 is 23.6 Å². The molecule has 1 N–H and O–H groups in total. The third-order valence-electron chi connectivity index (χ3n) is 3.53. The minimum absolute atomic E-state index is 0.521. The Hall–Kier alpha value is -1.96. The van der Waals surface area contributed by atoms with Gasteiger partial charge in [0.25, 0.3) is 0 Å². The van der Waals surface area contributed by atoms with Crippen LogP contribution < -0.4 is 0 Å². The van der Waals surface area contributed by atoms with E-state index < -0.39 is 0 Å². The molecule has 0 aliphatic heterocycles. The first kappa shape index (κ1) is 14.0. The van der Waals surface area contributed by atoms with Crippen molar-refractivity contribution >= 4 is 29.1 Å². The maximum absolute atomic E-state index is 9.44. The van der Waals surface area contributed by atoms with Crippen molar-refractivity contribution in [3.05, 3.63) is 57.6 Å². The number of allylic oxidation sites excluding steroid dienone is 4. The molecule has 0 bridgehead atoms. The average molecular weight is 310 g/mol. The molecule has 0 aromatic carbocycles. The summed E-state index contributed by atoms with van der Waals surface area (Å²) in [5.74, 6) is 0. The average Bonchev–Trinajstić information content (AvgIpc) is 2.89. The number of nitriles is 1. The highest BCUT2D eigenvalue weighted by atomic mass is 32.1. The Morgan fingerprint density at radius 2 is 2.29 bits per heavy atom. The largest absolute Gasteiger partial charge is 0.344 e. The van der Waals surface area contributed by atoms with Gasteiger partial charge in [-0.15, -0.1) is 11.3 Å². The molecule has 0 saturated heterocycles. The minimum Gasteiger partial charge on any atom is -0.344 e. The van der Waals surface area contributed by atoms with Gasteiger partial charge in [0.2, 0.25) is 0 Å². The quantitative estimate of drug-likeness (QED) is 0.747. The van der Waals surface area contributed by atoms with Crippen LogP contribution in [0.25, 0.3) is 16.1 Å². The summed E-state index contributed by atoms with van der Waals surface area (Å²) in [7, 11) is 0. The zero-order valence-corrected chi connectivity index (χ0v) is 13.1. The van der Waals surface area contributed by atoms with Crippen LogP contribution in [0.1, 0.15) is 30.4 Å². The van der Waals surface area contributed by atoms with Gasteiger partial charge < -0.3 is 4.98 Å². The summed E-state index contributed by atoms with van der Waals surface area (Å²) in [5.41, 5.74) is 3.72. The van der Waals surface area contributed by atoms with Crippen LogP contribution in [0.4, 0.5) is 0 Å². The van der Waals surface area contributed by atoms with Crippen LogP contribution in [-0.2, 0) is 0 Å². The second-order valence-electron chi connectivity index (χ2n) is 4.90. The molecule has 0 amide bonds. The Labute approximate surface area is 133 Å². The van der Waals surface area contributed by atoms with Crippen LogP contribution in [0.5, 0.6) is 0 Å². The van der Waals surface area contributed by atoms with Crippen molar-refractivity contribution in [2.75, 3.05) is 0 Å². The van der Waals surface area contributed by atoms with Gasteiger partial charge in [0.1, 0.15) is 10.7 Å². The summed E-state index contributed by atoms with van der Waals surface area (Å²) < 4.78 is 0.521. The third-order valence-corrected chi connectivity index (χ3v) is 4.74. The Morgan fingerprint density at radius 3 is 3.05 bits per heavy atom. The van der Waals surface area contributed by atoms with Crippen molar-refractivity contribution in [3.8, 4) is 16.6 Å². The monoisotopic (exact) mass is 310 g/mol. The van der Waals surface area contributed by atoms with E-state index in [0.717, 1.165) is 35.4 Å². The first-order chi connectivity index (χ1) is 10.3. The number of rotatable bonds is 2. The van der Waals surface area contributed by atoms with Gasteiger partial charge in [0.05, 0.1) is 16.1 Å². The summed E-state index contributed by atoms with van der Waals surface area (Å²) in [6, 6.07) is 8.39. The molecule has 0 unspecified atom stereocenters. The van der Waals surface area contributed by atoms with Gasteiger partial charge in [-0.1, -0.05) is 36.5 Å². The predicted molar refractivity (Wildman–Crippen MR) is 90.6 cm³/mol. The highest BCUT2D eigenvalue weighted by Gasteiger charge is 2.13. The minimum atomic E-state index is 0.521. The van der Waals surface area contributed by atoms with Crippen molar-refractivity contribution in [2.24, 2.45) is 0 Å². The molecule has 104 valence electrons. The van der Waals surface area contributed by atoms with Crippen molar-refractivity contribution in [3.63, 3.8) is 0 Å². The maximum Gasteiger partial charge on any atom is 0.122 e. The Balaban J connectivity index is 2.18. The lowest BCUT2D eigenvalue weighted by atomic mass is 9.97. The molecule has 2 heterocycles. The van der Waals surface area contributed by atoms with Gasteiger partial charge in [-0.2, -0.15) is 5.26 Å². The molecule has 1 aliphatic carbocycles. The lowest BCUT2D eigenvalue weighted by Gasteiger charge is -2.10. The number of H-pyrrole nitrogens is 1. The smallest absolute Gasteiger partial charge is 0.122 e. The number of aromatic nitrogens is 1. The molecule has 4 heteroatoms. The molecule has 1 aliphatic rings. The van der Waals surface area contributed by atoms with E-state index in [9.17, 15) is 5.26 Å². The third kappa shape index (κ3) is 2.90. The van der Waals surface area contributed by atoms with Gasteiger partial charge >= 0.3 is 0 Å². The van der Waals surface area contributed by atoms with E-state index in [1.54, 1.807) is 11.3 Å². The Bertz CT molecular complexity index is 802. The number of nitrogens with zero attached hydrogens (tertiary/aromatic N) is 1. The van der Waals surface area contributed by atoms with Gasteiger partial charge in [0, 0.05) is 5.56 Å². The topological polar surface area (TPSA) is 39.6 Å². The van der Waals surface area contributed by atoms with Crippen molar-refractivity contribution in [2.45, 2.75) is 19.3 Å². The van der Waals surface area contributed by atoms with Crippen LogP contribution in [0.15, 0.2) is 41.8 Å². The summed E-state index contributed by atoms with van der Waals surface area (Å²) >= 11 is 7.05. The molecule has 0 atom stereocenters. The maximum atomic E-state index is 9.44. The van der Waals surface area contributed by atoms with Crippen LogP contribution in [0.3, 0.4) is 0 Å². The zero-order chi connectivity index (χ0) is 14.7. The Morgan fingerprint density at radius 1 is 1.38 bits per heavy atom. The molecule has 3 rings (SSSR count). The van der Waals surface area contributed by atoms with E-state index >= 15 is 0 Å². The summed E-state index contributed by atoms with van der Waals surface area (Å²) in [4.78, 5) is 4.32. The van der Waals surface area contributed by atoms with Gasteiger partial charge in [0.15, 0.2) is 0 Å². The first-order valence-electron chi connectivity index (χ1n) is 6.87. The highest BCUT2D eigenvalue weighted by Crippen LogP contribution is 2.31. The second kappa shape index (κ2) is 6.21. The zero-order valence-electron chi connectivity index (χ0n) is 11.4. The van der Waals surface area contributed by atoms with Crippen LogP contribution in [-0.4, -0.2) is 4.98 Å². The summed E-state index contributed by atoms with van der Waals surface area (Å²) in [6.07, 6.45) is 9.52. The highest BCUT2D eigenvalue weighted by molar-refractivity contribution is 7.71. The van der Waals surface area contributed by atoms with E-state index in [4.69, 9.17) is 12.2 Å². The number of hydrogen-bond donors (Lipinski definition) is 1. The number of pyridine rings is 1. The fraction of sp³-hybridized carbons (Fsp3) is 0.176. The van der Waals surface area contributed by atoms with Gasteiger partial charge in [-0.25, -0.2) is 0 Å². The molecule has 2 aromatic rings. The first-order valence-corrected chi connectivity index (χ1v) is 8.16. The lowest BCUT2D eigenvalue weighted by molar-refractivity contribution is 0.886. The van der Waals surface area contributed by atoms with Crippen LogP contribution in [0.2, 0.25) is 0 Å². The SMILES string of the molecule is N#Cc1c(C2=CC=CCCC2)cc(-c2cccs2)[nH]c1=S. The fourth-order valence-corrected chi connectivity index (χ4v) is 3.45. The number of hydrogen-bond acceptors (Lipinski definition) is 3. The van der Waals surface area contributed by atoms with Gasteiger partial charge in [-0.05, 0) is 42.3 Å². The standard InChI is InChI=1S/C17H14N2S2/c18-11-14-13(12-6-3-1-2-4-7-12)10-15(19-17(14)20)16-8-5-9-21-16/h1,3,5-6,8-10H,2,4,7H2,(H,19,20). The number of nitrogens with one attached hydrogen (secondary N) is 1. The second-order valence-corrected chi connectivity index (χ2v) is 6.26. The molecule has 2 aromatic heterocycles. The molecule has 0 saturated carbocycles. The van der Waals surface area contributed by atoms with E-state index in [0.29, 0.717) is 10.2 Å². The molecular formula is C17H14N2S2. The Kier molecular flexibility index (Phi) is 4.14. The van der Waals surface area contributed by atoms with E-state index in [-0.39, 0.29) is 0 Å². The molecule has 0 fully saturated rings. The van der Waals surface area contributed by atoms with Crippen molar-refractivity contribution < 1.29 is 0 Å². The summed E-state index contributed by atoms with van der Waals surface area (Å²) in [6.45, 7) is 0. The van der Waals surface area contributed by atoms with E-state index in [2.05, 4.69) is 41.4 Å². The molecule has 0 radical (unpaired) electrons. The molecule has 2 nitrogen and oxygen atoms in total. The molecular weight excluding hydrogens is 296 g/mol.